The third kappa shape index (κ3) is 6.71. The van der Waals surface area contributed by atoms with Crippen LogP contribution in [-0.2, 0) is 20.4 Å². The summed E-state index contributed by atoms with van der Waals surface area (Å²) in [5, 5.41) is 0.136. The van der Waals surface area contributed by atoms with Crippen molar-refractivity contribution in [3.05, 3.63) is 48.0 Å². The summed E-state index contributed by atoms with van der Waals surface area (Å²) in [7, 11) is -0.502. The highest BCUT2D eigenvalue weighted by Crippen LogP contribution is 2.37. The topological polar surface area (TPSA) is 35.5 Å². The van der Waals surface area contributed by atoms with E-state index in [1.54, 1.807) is 0 Å². The van der Waals surface area contributed by atoms with Crippen molar-refractivity contribution < 1.29 is 14.0 Å². The molecule has 1 unspecified atom stereocenters. The zero-order valence-corrected chi connectivity index (χ0v) is 16.3. The van der Waals surface area contributed by atoms with Crippen molar-refractivity contribution in [1.82, 2.24) is 0 Å². The monoisotopic (exact) mass is 334 g/mol. The maximum Gasteiger partial charge on any atom is 0.330 e. The summed E-state index contributed by atoms with van der Waals surface area (Å²) in [6.07, 6.45) is 5.02. The number of rotatable bonds is 7. The first-order valence-electron chi connectivity index (χ1n) is 8.13. The maximum absolute atomic E-state index is 11.4. The third-order valence-electron chi connectivity index (χ3n) is 4.46. The van der Waals surface area contributed by atoms with Gasteiger partial charge in [0.2, 0.25) is 0 Å². The molecular weight excluding hydrogens is 304 g/mol. The Morgan fingerprint density at radius 1 is 1.22 bits per heavy atom. The molecule has 1 aromatic rings. The molecule has 0 saturated heterocycles. The van der Waals surface area contributed by atoms with Gasteiger partial charge in [-0.2, -0.15) is 0 Å². The fraction of sp³-hybridized carbons (Fsp3) is 0.526. The summed E-state index contributed by atoms with van der Waals surface area (Å²) in [5.41, 5.74) is 1.28. The van der Waals surface area contributed by atoms with Gasteiger partial charge in [0, 0.05) is 6.08 Å². The van der Waals surface area contributed by atoms with Crippen LogP contribution in [0.3, 0.4) is 0 Å². The van der Waals surface area contributed by atoms with Crippen molar-refractivity contribution in [3.8, 4) is 0 Å². The van der Waals surface area contributed by atoms with Gasteiger partial charge < -0.3 is 9.16 Å². The Bertz CT molecular complexity index is 515. The Balaban J connectivity index is 2.80. The summed E-state index contributed by atoms with van der Waals surface area (Å²) in [5.74, 6) is -0.339. The van der Waals surface area contributed by atoms with Gasteiger partial charge in [-0.25, -0.2) is 4.79 Å². The van der Waals surface area contributed by atoms with Gasteiger partial charge in [0.05, 0.1) is 13.2 Å². The lowest BCUT2D eigenvalue weighted by atomic mass is 10.1. The van der Waals surface area contributed by atoms with Crippen molar-refractivity contribution in [2.75, 3.05) is 7.11 Å². The van der Waals surface area contributed by atoms with Crippen LogP contribution in [0.4, 0.5) is 0 Å². The molecule has 0 spiro atoms. The van der Waals surface area contributed by atoms with Crippen LogP contribution in [0.5, 0.6) is 0 Å². The minimum absolute atomic E-state index is 0.0739. The fourth-order valence-corrected chi connectivity index (χ4v) is 3.26. The smallest absolute Gasteiger partial charge is 0.330 e. The van der Waals surface area contributed by atoms with E-state index in [-0.39, 0.29) is 17.1 Å². The first-order valence-corrected chi connectivity index (χ1v) is 11.0. The molecule has 23 heavy (non-hydrogen) atoms. The Labute approximate surface area is 141 Å². The lowest BCUT2D eigenvalue weighted by Crippen LogP contribution is -2.43. The average molecular weight is 335 g/mol. The van der Waals surface area contributed by atoms with Gasteiger partial charge in [0.25, 0.3) is 0 Å². The molecular formula is C19H30O3Si. The molecule has 0 fully saturated rings. The van der Waals surface area contributed by atoms with Crippen LogP contribution in [0.2, 0.25) is 18.1 Å². The summed E-state index contributed by atoms with van der Waals surface area (Å²) in [6.45, 7) is 11.1. The number of hydrogen-bond donors (Lipinski definition) is 0. The van der Waals surface area contributed by atoms with Gasteiger partial charge in [0.1, 0.15) is 0 Å². The van der Waals surface area contributed by atoms with E-state index in [1.165, 1.54) is 18.7 Å². The highest BCUT2D eigenvalue weighted by molar-refractivity contribution is 6.74. The molecule has 0 bridgehead atoms. The maximum atomic E-state index is 11.4. The number of esters is 1. The summed E-state index contributed by atoms with van der Waals surface area (Å²) < 4.78 is 11.2. The molecule has 0 heterocycles. The van der Waals surface area contributed by atoms with Gasteiger partial charge in [-0.15, -0.1) is 0 Å². The molecule has 1 rings (SSSR count). The summed E-state index contributed by atoms with van der Waals surface area (Å²) in [4.78, 5) is 11.4. The van der Waals surface area contributed by atoms with Crippen molar-refractivity contribution in [2.45, 2.75) is 57.8 Å². The van der Waals surface area contributed by atoms with Crippen LogP contribution < -0.4 is 0 Å². The van der Waals surface area contributed by atoms with Gasteiger partial charge in [-0.3, -0.25) is 0 Å². The quantitative estimate of drug-likeness (QED) is 0.410. The SMILES string of the molecule is COC(=O)/C=C\C(CCc1ccccc1)O[Si](C)(C)C(C)(C)C. The van der Waals surface area contributed by atoms with Crippen LogP contribution >= 0.6 is 0 Å². The predicted octanol–water partition coefficient (Wildman–Crippen LogP) is 4.74. The highest BCUT2D eigenvalue weighted by Gasteiger charge is 2.38. The second kappa shape index (κ2) is 8.46. The summed E-state index contributed by atoms with van der Waals surface area (Å²) >= 11 is 0. The number of carbonyl (C=O) groups is 1. The minimum Gasteiger partial charge on any atom is -0.466 e. The van der Waals surface area contributed by atoms with Crippen LogP contribution in [0.25, 0.3) is 0 Å². The number of ether oxygens (including phenoxy) is 1. The predicted molar refractivity (Wildman–Crippen MR) is 98.0 cm³/mol. The molecule has 0 amide bonds. The number of carbonyl (C=O) groups excluding carboxylic acids is 1. The van der Waals surface area contributed by atoms with Crippen molar-refractivity contribution >= 4 is 14.3 Å². The van der Waals surface area contributed by atoms with Gasteiger partial charge in [0.15, 0.2) is 8.32 Å². The first-order chi connectivity index (χ1) is 10.7. The van der Waals surface area contributed by atoms with Crippen LogP contribution in [0.1, 0.15) is 32.8 Å². The zero-order chi connectivity index (χ0) is 17.5. The Morgan fingerprint density at radius 2 is 1.83 bits per heavy atom. The molecule has 0 aliphatic carbocycles. The van der Waals surface area contributed by atoms with E-state index in [0.29, 0.717) is 0 Å². The number of methoxy groups -OCH3 is 1. The molecule has 1 aromatic carbocycles. The van der Waals surface area contributed by atoms with E-state index >= 15 is 0 Å². The normalized spacial score (nSPS) is 14.0. The van der Waals surface area contributed by atoms with Crippen molar-refractivity contribution in [1.29, 1.82) is 0 Å². The van der Waals surface area contributed by atoms with E-state index in [2.05, 4.69) is 46.0 Å². The highest BCUT2D eigenvalue weighted by atomic mass is 28.4. The van der Waals surface area contributed by atoms with Gasteiger partial charge in [-0.05, 0) is 42.6 Å². The Hall–Kier alpha value is -1.39. The number of aryl methyl sites for hydroxylation is 1. The van der Waals surface area contributed by atoms with E-state index in [1.807, 2.05) is 24.3 Å². The van der Waals surface area contributed by atoms with E-state index in [0.717, 1.165) is 12.8 Å². The van der Waals surface area contributed by atoms with Gasteiger partial charge in [-0.1, -0.05) is 51.1 Å². The third-order valence-corrected chi connectivity index (χ3v) is 8.97. The number of hydrogen-bond acceptors (Lipinski definition) is 3. The number of benzene rings is 1. The second-order valence-electron chi connectivity index (χ2n) is 7.32. The first kappa shape index (κ1) is 19.7. The molecule has 0 aliphatic heterocycles. The van der Waals surface area contributed by atoms with Crippen LogP contribution in [-0.4, -0.2) is 27.5 Å². The molecule has 0 N–H and O–H groups in total. The molecule has 128 valence electrons. The average Bonchev–Trinajstić information content (AvgIpc) is 2.49. The molecule has 1 atom stereocenters. The lowest BCUT2D eigenvalue weighted by molar-refractivity contribution is -0.134. The second-order valence-corrected chi connectivity index (χ2v) is 12.1. The van der Waals surface area contributed by atoms with Crippen molar-refractivity contribution in [3.63, 3.8) is 0 Å². The van der Waals surface area contributed by atoms with Crippen molar-refractivity contribution in [2.24, 2.45) is 0 Å². The van der Waals surface area contributed by atoms with E-state index in [9.17, 15) is 4.79 Å². The Morgan fingerprint density at radius 3 is 2.35 bits per heavy atom. The summed E-state index contributed by atoms with van der Waals surface area (Å²) in [6, 6.07) is 10.3. The Kier molecular flexibility index (Phi) is 7.23. The van der Waals surface area contributed by atoms with E-state index in [4.69, 9.17) is 9.16 Å². The largest absolute Gasteiger partial charge is 0.466 e. The zero-order valence-electron chi connectivity index (χ0n) is 15.3. The van der Waals surface area contributed by atoms with E-state index < -0.39 is 8.32 Å². The fourth-order valence-electron chi connectivity index (χ4n) is 1.96. The van der Waals surface area contributed by atoms with Gasteiger partial charge >= 0.3 is 5.97 Å². The molecule has 4 heteroatoms. The molecule has 0 saturated carbocycles. The minimum atomic E-state index is -1.89. The lowest BCUT2D eigenvalue weighted by Gasteiger charge is -2.38. The van der Waals surface area contributed by atoms with Crippen LogP contribution in [0.15, 0.2) is 42.5 Å². The molecule has 3 nitrogen and oxygen atoms in total. The standard InChI is InChI=1S/C19H30O3Si/c1-19(2,3)23(5,6)22-17(14-15-18(20)21-4)13-12-16-10-8-7-9-11-16/h7-11,14-15,17H,12-13H2,1-6H3/b15-14-. The molecule has 0 aliphatic rings. The molecule has 0 aromatic heterocycles. The molecule has 0 radical (unpaired) electrons. The van der Waals surface area contributed by atoms with Crippen LogP contribution in [0, 0.1) is 0 Å².